The molecule has 0 atom stereocenters. The van der Waals surface area contributed by atoms with Crippen molar-refractivity contribution in [3.8, 4) is 0 Å². The number of nitrogens with zero attached hydrogens (tertiary/aromatic N) is 2. The topological polar surface area (TPSA) is 40.6 Å². The van der Waals surface area contributed by atoms with E-state index >= 15 is 0 Å². The van der Waals surface area contributed by atoms with Crippen LogP contribution in [-0.2, 0) is 4.79 Å². The molecule has 1 fully saturated rings. The third-order valence-electron chi connectivity index (χ3n) is 3.61. The number of carbonyl (C=O) groups excluding carboxylic acids is 2. The lowest BCUT2D eigenvalue weighted by Crippen LogP contribution is -2.63. The molecule has 0 saturated carbocycles. The van der Waals surface area contributed by atoms with Crippen LogP contribution in [0.1, 0.15) is 24.2 Å². The fraction of sp³-hybridized carbons (Fsp3) is 0.429. The lowest BCUT2D eigenvalue weighted by atomic mass is 9.96. The van der Waals surface area contributed by atoms with Crippen molar-refractivity contribution in [2.45, 2.75) is 19.4 Å². The Morgan fingerprint density at radius 3 is 2.60 bits per heavy atom. The maximum absolute atomic E-state index is 13.9. The monoisotopic (exact) mass is 342 g/mol. The highest BCUT2D eigenvalue weighted by atomic mass is 79.9. The van der Waals surface area contributed by atoms with E-state index in [1.807, 2.05) is 0 Å². The van der Waals surface area contributed by atoms with Gasteiger partial charge in [0.25, 0.3) is 5.91 Å². The molecule has 1 aliphatic heterocycles. The summed E-state index contributed by atoms with van der Waals surface area (Å²) in [6, 6.07) is 4.29. The number of benzene rings is 1. The van der Waals surface area contributed by atoms with Gasteiger partial charge in [0, 0.05) is 24.6 Å². The van der Waals surface area contributed by atoms with Crippen LogP contribution in [0.3, 0.4) is 0 Å². The van der Waals surface area contributed by atoms with Crippen LogP contribution >= 0.6 is 15.9 Å². The smallest absolute Gasteiger partial charge is 0.257 e. The predicted octanol–water partition coefficient (Wildman–Crippen LogP) is 2.28. The molecular formula is C14H16BrFN2O2. The van der Waals surface area contributed by atoms with Crippen LogP contribution in [0.25, 0.3) is 0 Å². The molecule has 0 unspecified atom stereocenters. The second-order valence-electron chi connectivity index (χ2n) is 5.37. The molecule has 108 valence electrons. The van der Waals surface area contributed by atoms with Crippen molar-refractivity contribution >= 4 is 27.7 Å². The molecule has 0 N–H and O–H groups in total. The summed E-state index contributed by atoms with van der Waals surface area (Å²) in [5, 5.41) is 0. The fourth-order valence-corrected chi connectivity index (χ4v) is 2.71. The van der Waals surface area contributed by atoms with Gasteiger partial charge in [-0.25, -0.2) is 4.39 Å². The number of carbonyl (C=O) groups is 2. The predicted molar refractivity (Wildman–Crippen MR) is 76.9 cm³/mol. The third kappa shape index (κ3) is 2.44. The van der Waals surface area contributed by atoms with Crippen molar-refractivity contribution in [1.82, 2.24) is 9.80 Å². The van der Waals surface area contributed by atoms with E-state index in [2.05, 4.69) is 15.9 Å². The number of hydrogen-bond acceptors (Lipinski definition) is 2. The summed E-state index contributed by atoms with van der Waals surface area (Å²) in [6.07, 6.45) is 0. The van der Waals surface area contributed by atoms with E-state index in [1.54, 1.807) is 31.9 Å². The molecule has 2 amide bonds. The Kier molecular flexibility index (Phi) is 3.86. The van der Waals surface area contributed by atoms with E-state index < -0.39 is 17.3 Å². The van der Waals surface area contributed by atoms with Crippen molar-refractivity contribution in [3.05, 3.63) is 34.1 Å². The van der Waals surface area contributed by atoms with Crippen molar-refractivity contribution < 1.29 is 14.0 Å². The van der Waals surface area contributed by atoms with Gasteiger partial charge in [0.2, 0.25) is 5.91 Å². The van der Waals surface area contributed by atoms with E-state index in [-0.39, 0.29) is 11.5 Å². The first-order valence-corrected chi connectivity index (χ1v) is 7.07. The third-order valence-corrected chi connectivity index (χ3v) is 4.10. The number of amides is 2. The van der Waals surface area contributed by atoms with Crippen molar-refractivity contribution in [3.63, 3.8) is 0 Å². The zero-order chi connectivity index (χ0) is 15.1. The minimum atomic E-state index is -0.969. The number of rotatable bonds is 1. The molecule has 1 aromatic carbocycles. The zero-order valence-electron chi connectivity index (χ0n) is 11.6. The van der Waals surface area contributed by atoms with Crippen LogP contribution in [0, 0.1) is 5.82 Å². The van der Waals surface area contributed by atoms with E-state index in [0.717, 1.165) is 0 Å². The normalized spacial score (nSPS) is 18.4. The molecule has 4 nitrogen and oxygen atoms in total. The molecule has 0 radical (unpaired) electrons. The summed E-state index contributed by atoms with van der Waals surface area (Å²) in [5.74, 6) is -1.19. The number of halogens is 2. The van der Waals surface area contributed by atoms with Crippen LogP contribution < -0.4 is 0 Å². The van der Waals surface area contributed by atoms with Gasteiger partial charge in [-0.05, 0) is 32.0 Å². The summed E-state index contributed by atoms with van der Waals surface area (Å²) in [4.78, 5) is 27.7. The molecule has 6 heteroatoms. The first-order valence-electron chi connectivity index (χ1n) is 6.27. The Morgan fingerprint density at radius 2 is 2.00 bits per heavy atom. The molecule has 0 spiro atoms. The second kappa shape index (κ2) is 5.16. The van der Waals surface area contributed by atoms with Crippen molar-refractivity contribution in [2.75, 3.05) is 20.1 Å². The van der Waals surface area contributed by atoms with Gasteiger partial charge in [0.15, 0.2) is 0 Å². The highest BCUT2D eigenvalue weighted by Gasteiger charge is 2.43. The fourth-order valence-electron chi connectivity index (χ4n) is 2.38. The number of hydrogen-bond donors (Lipinski definition) is 0. The standard InChI is InChI=1S/C14H16BrFN2O2/c1-14(2)13(20)17(3)6-7-18(14)12(19)10-5-4-9(15)8-11(10)16/h4-5,8H,6-7H2,1-3H3. The highest BCUT2D eigenvalue weighted by Crippen LogP contribution is 2.25. The van der Waals surface area contributed by atoms with Crippen molar-refractivity contribution in [2.24, 2.45) is 0 Å². The Bertz CT molecular complexity index is 574. The summed E-state index contributed by atoms with van der Waals surface area (Å²) in [5.41, 5.74) is -0.984. The number of piperazine rings is 1. The second-order valence-corrected chi connectivity index (χ2v) is 6.28. The molecule has 0 bridgehead atoms. The first kappa shape index (κ1) is 15.0. The van der Waals surface area contributed by atoms with Gasteiger partial charge in [0.05, 0.1) is 5.56 Å². The molecule has 1 aliphatic rings. The van der Waals surface area contributed by atoms with Gasteiger partial charge in [-0.1, -0.05) is 15.9 Å². The Hall–Kier alpha value is -1.43. The lowest BCUT2D eigenvalue weighted by Gasteiger charge is -2.44. The maximum atomic E-state index is 13.9. The molecule has 20 heavy (non-hydrogen) atoms. The van der Waals surface area contributed by atoms with E-state index in [4.69, 9.17) is 0 Å². The molecule has 1 heterocycles. The zero-order valence-corrected chi connectivity index (χ0v) is 13.2. The van der Waals surface area contributed by atoms with E-state index in [1.165, 1.54) is 17.0 Å². The van der Waals surface area contributed by atoms with Crippen LogP contribution in [0.15, 0.2) is 22.7 Å². The largest absolute Gasteiger partial charge is 0.342 e. The summed E-state index contributed by atoms with van der Waals surface area (Å²) < 4.78 is 14.5. The first-order chi connectivity index (χ1) is 9.25. The maximum Gasteiger partial charge on any atom is 0.257 e. The molecule has 0 aliphatic carbocycles. The van der Waals surface area contributed by atoms with Gasteiger partial charge in [-0.2, -0.15) is 0 Å². The van der Waals surface area contributed by atoms with Gasteiger partial charge < -0.3 is 9.80 Å². The van der Waals surface area contributed by atoms with E-state index in [9.17, 15) is 14.0 Å². The quantitative estimate of drug-likeness (QED) is 0.785. The minimum Gasteiger partial charge on any atom is -0.342 e. The highest BCUT2D eigenvalue weighted by molar-refractivity contribution is 9.10. The summed E-state index contributed by atoms with van der Waals surface area (Å²) >= 11 is 3.16. The molecular weight excluding hydrogens is 327 g/mol. The molecule has 0 aromatic heterocycles. The molecule has 2 rings (SSSR count). The average Bonchev–Trinajstić information content (AvgIpc) is 2.35. The summed E-state index contributed by atoms with van der Waals surface area (Å²) in [6.45, 7) is 4.20. The van der Waals surface area contributed by atoms with Crippen molar-refractivity contribution in [1.29, 1.82) is 0 Å². The van der Waals surface area contributed by atoms with Gasteiger partial charge >= 0.3 is 0 Å². The Balaban J connectivity index is 2.35. The van der Waals surface area contributed by atoms with Gasteiger partial charge in [0.1, 0.15) is 11.4 Å². The van der Waals surface area contributed by atoms with Crippen LogP contribution in [-0.4, -0.2) is 47.3 Å². The van der Waals surface area contributed by atoms with E-state index in [0.29, 0.717) is 17.6 Å². The minimum absolute atomic E-state index is 0.0152. The molecule has 1 saturated heterocycles. The Morgan fingerprint density at radius 1 is 1.35 bits per heavy atom. The van der Waals surface area contributed by atoms with Gasteiger partial charge in [-0.3, -0.25) is 9.59 Å². The number of likely N-dealkylation sites (N-methyl/N-ethyl adjacent to an activating group) is 1. The van der Waals surface area contributed by atoms with Crippen LogP contribution in [0.2, 0.25) is 0 Å². The summed E-state index contributed by atoms with van der Waals surface area (Å²) in [7, 11) is 1.70. The molecule has 1 aromatic rings. The van der Waals surface area contributed by atoms with Crippen LogP contribution in [0.4, 0.5) is 4.39 Å². The van der Waals surface area contributed by atoms with Crippen LogP contribution in [0.5, 0.6) is 0 Å². The Labute approximate surface area is 125 Å². The lowest BCUT2D eigenvalue weighted by molar-refractivity contribution is -0.144. The van der Waals surface area contributed by atoms with Gasteiger partial charge in [-0.15, -0.1) is 0 Å². The SMILES string of the molecule is CN1CCN(C(=O)c2ccc(Br)cc2F)C(C)(C)C1=O. The average molecular weight is 343 g/mol.